The summed E-state index contributed by atoms with van der Waals surface area (Å²) in [5.41, 5.74) is 0. The van der Waals surface area contributed by atoms with Gasteiger partial charge in [0.2, 0.25) is 0 Å². The van der Waals surface area contributed by atoms with Crippen molar-refractivity contribution >= 4 is 5.97 Å². The van der Waals surface area contributed by atoms with Gasteiger partial charge in [0.1, 0.15) is 0 Å². The summed E-state index contributed by atoms with van der Waals surface area (Å²) in [4.78, 5) is 15.6. The lowest BCUT2D eigenvalue weighted by atomic mass is 9.97. The standard InChI is InChI=1S/C12H24N2O2/c1-4-7-14-9-5-10(12(15)16)11(14)6-8-13(2)3/h10-11H,4-9H2,1-3H3,(H,15,16)/t10-,11+/m0/s1. The Balaban J connectivity index is 2.57. The van der Waals surface area contributed by atoms with Crippen molar-refractivity contribution in [1.82, 2.24) is 9.80 Å². The van der Waals surface area contributed by atoms with Crippen molar-refractivity contribution in [2.45, 2.75) is 32.2 Å². The van der Waals surface area contributed by atoms with Crippen molar-refractivity contribution in [3.8, 4) is 0 Å². The van der Waals surface area contributed by atoms with Gasteiger partial charge in [-0.15, -0.1) is 0 Å². The highest BCUT2D eigenvalue weighted by atomic mass is 16.4. The molecule has 0 amide bonds. The Morgan fingerprint density at radius 1 is 1.50 bits per heavy atom. The lowest BCUT2D eigenvalue weighted by Crippen LogP contribution is -2.38. The Morgan fingerprint density at radius 3 is 2.69 bits per heavy atom. The van der Waals surface area contributed by atoms with Gasteiger partial charge in [-0.05, 0) is 53.0 Å². The molecular weight excluding hydrogens is 204 g/mol. The third-order valence-corrected chi connectivity index (χ3v) is 3.36. The quantitative estimate of drug-likeness (QED) is 0.740. The molecule has 0 aromatic rings. The van der Waals surface area contributed by atoms with Crippen molar-refractivity contribution in [3.05, 3.63) is 0 Å². The Morgan fingerprint density at radius 2 is 2.19 bits per heavy atom. The van der Waals surface area contributed by atoms with Crippen LogP contribution in [0.1, 0.15) is 26.2 Å². The second-order valence-electron chi connectivity index (χ2n) is 4.93. The molecule has 0 unspecified atom stereocenters. The average Bonchev–Trinajstić information content (AvgIpc) is 2.58. The summed E-state index contributed by atoms with van der Waals surface area (Å²) in [6.07, 6.45) is 2.88. The fraction of sp³-hybridized carbons (Fsp3) is 0.917. The second kappa shape index (κ2) is 6.21. The number of nitrogens with zero attached hydrogens (tertiary/aromatic N) is 2. The molecule has 1 aliphatic heterocycles. The highest BCUT2D eigenvalue weighted by Crippen LogP contribution is 2.27. The molecule has 1 N–H and O–H groups in total. The van der Waals surface area contributed by atoms with Crippen LogP contribution in [0.5, 0.6) is 0 Å². The van der Waals surface area contributed by atoms with Crippen LogP contribution in [0.15, 0.2) is 0 Å². The van der Waals surface area contributed by atoms with Crippen LogP contribution in [0, 0.1) is 5.92 Å². The van der Waals surface area contributed by atoms with Gasteiger partial charge in [-0.1, -0.05) is 6.92 Å². The Labute approximate surface area is 98.2 Å². The molecule has 0 spiro atoms. The zero-order valence-corrected chi connectivity index (χ0v) is 10.6. The van der Waals surface area contributed by atoms with Crippen LogP contribution in [-0.2, 0) is 4.79 Å². The number of aliphatic carboxylic acids is 1. The van der Waals surface area contributed by atoms with Gasteiger partial charge in [0.05, 0.1) is 5.92 Å². The lowest BCUT2D eigenvalue weighted by molar-refractivity contribution is -0.142. The molecule has 0 aliphatic carbocycles. The van der Waals surface area contributed by atoms with E-state index in [0.29, 0.717) is 0 Å². The maximum atomic E-state index is 11.2. The topological polar surface area (TPSA) is 43.8 Å². The van der Waals surface area contributed by atoms with E-state index in [9.17, 15) is 9.90 Å². The lowest BCUT2D eigenvalue weighted by Gasteiger charge is -2.27. The van der Waals surface area contributed by atoms with Crippen LogP contribution in [0.25, 0.3) is 0 Å². The van der Waals surface area contributed by atoms with Crippen LogP contribution >= 0.6 is 0 Å². The van der Waals surface area contributed by atoms with Crippen LogP contribution < -0.4 is 0 Å². The van der Waals surface area contributed by atoms with Gasteiger partial charge >= 0.3 is 5.97 Å². The molecular formula is C12H24N2O2. The SMILES string of the molecule is CCCN1CC[C@H](C(=O)O)[C@H]1CCN(C)C. The fourth-order valence-electron chi connectivity index (χ4n) is 2.54. The molecule has 0 radical (unpaired) electrons. The predicted molar refractivity (Wildman–Crippen MR) is 64.6 cm³/mol. The summed E-state index contributed by atoms with van der Waals surface area (Å²) in [5.74, 6) is -0.783. The van der Waals surface area contributed by atoms with Gasteiger partial charge < -0.3 is 10.0 Å². The maximum absolute atomic E-state index is 11.2. The van der Waals surface area contributed by atoms with Crippen LogP contribution in [0.4, 0.5) is 0 Å². The Bertz CT molecular complexity index is 231. The number of hydrogen-bond donors (Lipinski definition) is 1. The highest BCUT2D eigenvalue weighted by Gasteiger charge is 2.37. The van der Waals surface area contributed by atoms with Gasteiger partial charge in [0, 0.05) is 6.04 Å². The summed E-state index contributed by atoms with van der Waals surface area (Å²) in [6.45, 7) is 5.09. The van der Waals surface area contributed by atoms with Crippen molar-refractivity contribution < 1.29 is 9.90 Å². The fourth-order valence-corrected chi connectivity index (χ4v) is 2.54. The van der Waals surface area contributed by atoms with Gasteiger partial charge in [-0.25, -0.2) is 0 Å². The predicted octanol–water partition coefficient (Wildman–Crippen LogP) is 1.12. The third-order valence-electron chi connectivity index (χ3n) is 3.36. The largest absolute Gasteiger partial charge is 0.481 e. The number of likely N-dealkylation sites (tertiary alicyclic amines) is 1. The molecule has 4 nitrogen and oxygen atoms in total. The minimum atomic E-state index is -0.623. The number of carbonyl (C=O) groups is 1. The zero-order valence-electron chi connectivity index (χ0n) is 10.6. The van der Waals surface area contributed by atoms with Crippen LogP contribution in [-0.4, -0.2) is 60.6 Å². The van der Waals surface area contributed by atoms with E-state index in [1.54, 1.807) is 0 Å². The first-order valence-corrected chi connectivity index (χ1v) is 6.17. The van der Waals surface area contributed by atoms with Crippen molar-refractivity contribution in [2.75, 3.05) is 33.7 Å². The van der Waals surface area contributed by atoms with E-state index in [-0.39, 0.29) is 12.0 Å². The van der Waals surface area contributed by atoms with Crippen molar-refractivity contribution in [1.29, 1.82) is 0 Å². The minimum absolute atomic E-state index is 0.161. The van der Waals surface area contributed by atoms with Gasteiger partial charge in [-0.2, -0.15) is 0 Å². The van der Waals surface area contributed by atoms with E-state index in [0.717, 1.165) is 38.9 Å². The Hall–Kier alpha value is -0.610. The number of rotatable bonds is 6. The summed E-state index contributed by atoms with van der Waals surface area (Å²) in [6, 6.07) is 0.236. The van der Waals surface area contributed by atoms with Crippen LogP contribution in [0.2, 0.25) is 0 Å². The monoisotopic (exact) mass is 228 g/mol. The zero-order chi connectivity index (χ0) is 12.1. The summed E-state index contributed by atoms with van der Waals surface area (Å²) >= 11 is 0. The van der Waals surface area contributed by atoms with E-state index < -0.39 is 5.97 Å². The second-order valence-corrected chi connectivity index (χ2v) is 4.93. The third kappa shape index (κ3) is 3.46. The molecule has 0 saturated carbocycles. The Kier molecular flexibility index (Phi) is 5.22. The first kappa shape index (κ1) is 13.5. The molecule has 94 valence electrons. The smallest absolute Gasteiger partial charge is 0.308 e. The van der Waals surface area contributed by atoms with E-state index >= 15 is 0 Å². The van der Waals surface area contributed by atoms with Gasteiger partial charge in [-0.3, -0.25) is 9.69 Å². The molecule has 0 aromatic carbocycles. The molecule has 1 saturated heterocycles. The summed E-state index contributed by atoms with van der Waals surface area (Å²) < 4.78 is 0. The number of carboxylic acid groups (broad SMARTS) is 1. The highest BCUT2D eigenvalue weighted by molar-refractivity contribution is 5.71. The van der Waals surface area contributed by atoms with Crippen molar-refractivity contribution in [3.63, 3.8) is 0 Å². The molecule has 0 aromatic heterocycles. The molecule has 1 rings (SSSR count). The van der Waals surface area contributed by atoms with E-state index in [1.165, 1.54) is 0 Å². The van der Waals surface area contributed by atoms with E-state index in [1.807, 2.05) is 14.1 Å². The minimum Gasteiger partial charge on any atom is -0.481 e. The van der Waals surface area contributed by atoms with E-state index in [2.05, 4.69) is 16.7 Å². The number of hydrogen-bond acceptors (Lipinski definition) is 3. The maximum Gasteiger partial charge on any atom is 0.308 e. The first-order valence-electron chi connectivity index (χ1n) is 6.17. The average molecular weight is 228 g/mol. The van der Waals surface area contributed by atoms with Crippen LogP contribution in [0.3, 0.4) is 0 Å². The molecule has 1 aliphatic rings. The van der Waals surface area contributed by atoms with Crippen molar-refractivity contribution in [2.24, 2.45) is 5.92 Å². The molecule has 0 bridgehead atoms. The number of carboxylic acids is 1. The first-order chi connectivity index (χ1) is 7.56. The van der Waals surface area contributed by atoms with Gasteiger partial charge in [0.15, 0.2) is 0 Å². The summed E-state index contributed by atoms with van der Waals surface area (Å²) in [7, 11) is 4.07. The molecule has 1 heterocycles. The van der Waals surface area contributed by atoms with E-state index in [4.69, 9.17) is 0 Å². The molecule has 1 fully saturated rings. The summed E-state index contributed by atoms with van der Waals surface area (Å²) in [5, 5.41) is 9.19. The van der Waals surface area contributed by atoms with Gasteiger partial charge in [0.25, 0.3) is 0 Å². The molecule has 16 heavy (non-hydrogen) atoms. The molecule has 2 atom stereocenters. The molecule has 4 heteroatoms. The normalized spacial score (nSPS) is 26.5.